The molecule has 2 aliphatic rings. The number of unbranched alkanes of at least 4 members (excludes halogenated alkanes) is 2. The van der Waals surface area contributed by atoms with Crippen LogP contribution >= 0.6 is 11.6 Å². The number of ether oxygens (including phenoxy) is 8. The molecule has 0 saturated heterocycles. The standard InChI is InChI=1S/C69H91ClN8O21S4/c1-50(2)99-62-44-52(70)20-19-51(62)48-72-65-47-58(75-67-73-49-74-78(65)67)55-14-8-9-15-61(55)98-41-40-97-39-38-96-37-36-95-35-34-94-33-32-93-30-27-71-66(79)18-7-6-10-28-76-59-23-21-53(102(86,87)88)45-56(59)68(3,25-12-42-100(80,81)82)63(76)16-11-17-64-69(4,26-13-43-101(83,84)85)57-46-54(103(89,90)91)22-24-60(57)77(64)29-31-92-5/h8-9,11,14-17,19-24,44-47,49-50H,6-7,10,12-13,18,25-43,48H2,1-5H3,(H5-,71,72,73,74,75,79,80,81,82,83,84,85,86,87,88,89,90,91). The van der Waals surface area contributed by atoms with Gasteiger partial charge in [-0.05, 0) is 132 Å². The highest BCUT2D eigenvalue weighted by Crippen LogP contribution is 2.52. The number of para-hydroxylation sites is 1. The summed E-state index contributed by atoms with van der Waals surface area (Å²) in [4.78, 5) is 23.0. The summed E-state index contributed by atoms with van der Waals surface area (Å²) in [7, 11) is -17.0. The van der Waals surface area contributed by atoms with E-state index >= 15 is 0 Å². The van der Waals surface area contributed by atoms with E-state index in [-0.39, 0.29) is 70.4 Å². The molecule has 6 aromatic rings. The van der Waals surface area contributed by atoms with Crippen LogP contribution in [-0.2, 0) is 91.1 Å². The van der Waals surface area contributed by atoms with Crippen molar-refractivity contribution in [2.24, 2.45) is 0 Å². The summed E-state index contributed by atoms with van der Waals surface area (Å²) in [5, 5.41) is 11.3. The Morgan fingerprint density at radius 3 is 1.98 bits per heavy atom. The van der Waals surface area contributed by atoms with Crippen LogP contribution in [0.4, 0.5) is 17.2 Å². The Morgan fingerprint density at radius 1 is 0.709 bits per heavy atom. The maximum Gasteiger partial charge on any atom is 0.294 e. The number of amides is 1. The third-order valence-corrected chi connectivity index (χ3v) is 20.8. The molecule has 0 aliphatic carbocycles. The van der Waals surface area contributed by atoms with Crippen LogP contribution in [0.25, 0.3) is 17.0 Å². The van der Waals surface area contributed by atoms with Crippen molar-refractivity contribution in [3.8, 4) is 22.8 Å². The number of rotatable bonds is 46. The number of nitrogens with zero attached hydrogens (tertiary/aromatic N) is 6. The zero-order chi connectivity index (χ0) is 74.4. The van der Waals surface area contributed by atoms with Crippen LogP contribution in [0.5, 0.6) is 11.5 Å². The topological polar surface area (TPSA) is 385 Å². The van der Waals surface area contributed by atoms with Crippen LogP contribution in [0.1, 0.15) is 95.8 Å². The van der Waals surface area contributed by atoms with Crippen molar-refractivity contribution in [3.05, 3.63) is 137 Å². The fraction of sp³-hybridized carbons (Fsp3) is 0.493. The number of fused-ring (bicyclic) bond motifs is 3. The zero-order valence-electron chi connectivity index (χ0n) is 58.2. The lowest BCUT2D eigenvalue weighted by atomic mass is 9.75. The summed E-state index contributed by atoms with van der Waals surface area (Å²) in [5.74, 6) is 1.00. The molecular formula is C69H91ClN8O21S4. The third-order valence-electron chi connectivity index (χ3n) is 17.3. The summed E-state index contributed by atoms with van der Waals surface area (Å²) >= 11 is 6.27. The van der Waals surface area contributed by atoms with Gasteiger partial charge in [-0.1, -0.05) is 35.9 Å². The first-order valence-corrected chi connectivity index (χ1v) is 40.1. The molecule has 34 heteroatoms. The molecule has 4 heterocycles. The number of nitrogens with one attached hydrogen (secondary N) is 2. The van der Waals surface area contributed by atoms with Gasteiger partial charge in [0.15, 0.2) is 5.71 Å². The molecule has 0 radical (unpaired) electrons. The van der Waals surface area contributed by atoms with Gasteiger partial charge in [0.2, 0.25) is 11.6 Å². The second-order valence-electron chi connectivity index (χ2n) is 25.2. The van der Waals surface area contributed by atoms with Gasteiger partial charge in [0.25, 0.3) is 36.1 Å². The largest absolute Gasteiger partial charge is 0.744 e. The molecule has 29 nitrogen and oxygen atoms in total. The molecule has 2 aliphatic heterocycles. The summed E-state index contributed by atoms with van der Waals surface area (Å²) in [5.41, 5.74) is 3.11. The van der Waals surface area contributed by atoms with Gasteiger partial charge in [-0.25, -0.2) is 13.4 Å². The Balaban J connectivity index is 0.741. The van der Waals surface area contributed by atoms with Gasteiger partial charge in [0.05, 0.1) is 111 Å². The molecule has 0 spiro atoms. The first-order chi connectivity index (χ1) is 49.0. The van der Waals surface area contributed by atoms with Crippen LogP contribution in [0.3, 0.4) is 0 Å². The van der Waals surface area contributed by atoms with Gasteiger partial charge in [-0.2, -0.15) is 44.4 Å². The first kappa shape index (κ1) is 81.6. The molecule has 8 rings (SSSR count). The molecule has 103 heavy (non-hydrogen) atoms. The van der Waals surface area contributed by atoms with E-state index in [1.807, 2.05) is 65.8 Å². The number of hydrogen-bond acceptors (Lipinski definition) is 23. The molecule has 0 saturated carbocycles. The van der Waals surface area contributed by atoms with Crippen molar-refractivity contribution in [1.82, 2.24) is 24.9 Å². The van der Waals surface area contributed by atoms with Crippen LogP contribution in [0.2, 0.25) is 5.02 Å². The molecule has 2 aromatic heterocycles. The van der Waals surface area contributed by atoms with Crippen LogP contribution in [0, 0.1) is 0 Å². The molecule has 2 atom stereocenters. The van der Waals surface area contributed by atoms with Crippen molar-refractivity contribution >= 4 is 86.7 Å². The lowest BCUT2D eigenvalue weighted by Crippen LogP contribution is -2.32. The fourth-order valence-corrected chi connectivity index (χ4v) is 14.6. The van der Waals surface area contributed by atoms with E-state index < -0.39 is 72.6 Å². The molecule has 1 amide bonds. The summed E-state index contributed by atoms with van der Waals surface area (Å²) in [6.07, 6.45) is 8.43. The average Bonchev–Trinajstić information content (AvgIpc) is 1.58. The predicted molar refractivity (Wildman–Crippen MR) is 385 cm³/mol. The SMILES string of the molecule is COCCN1/C(=C\C=C\C2=[N+](CCCCCC(=O)NCCOCCOCCOCCOCCOCCOc3ccccc3-c3cc(NCc4ccc(Cl)cc4OC(C)C)n4ncnc4n3)c3ccc(S(=O)(=O)O)cc3C2(C)CCCS(=O)(=O)O)C(C)(CCCS(=O)(=O)O)c2cc(S(=O)(=O)[O-])ccc21. The van der Waals surface area contributed by atoms with E-state index in [4.69, 9.17) is 54.5 Å². The highest BCUT2D eigenvalue weighted by atomic mass is 35.5. The molecule has 0 bridgehead atoms. The molecular weight excluding hydrogens is 1440 g/mol. The molecule has 4 aromatic carbocycles. The number of carbonyl (C=O) groups is 1. The number of methoxy groups -OCH3 is 1. The van der Waals surface area contributed by atoms with E-state index in [2.05, 4.69) is 20.7 Å². The molecule has 564 valence electrons. The lowest BCUT2D eigenvalue weighted by Gasteiger charge is -2.30. The van der Waals surface area contributed by atoms with Crippen LogP contribution in [0.15, 0.2) is 125 Å². The van der Waals surface area contributed by atoms with Gasteiger partial charge in [-0.3, -0.25) is 18.5 Å². The fourth-order valence-electron chi connectivity index (χ4n) is 12.4. The second kappa shape index (κ2) is 37.8. The number of halogens is 1. The van der Waals surface area contributed by atoms with Gasteiger partial charge in [0.1, 0.15) is 46.9 Å². The van der Waals surface area contributed by atoms with E-state index in [1.165, 1.54) is 43.8 Å². The van der Waals surface area contributed by atoms with E-state index in [1.54, 1.807) is 48.7 Å². The lowest BCUT2D eigenvalue weighted by molar-refractivity contribution is -0.438. The monoisotopic (exact) mass is 1530 g/mol. The number of carbonyl (C=O) groups excluding carboxylic acids is 1. The van der Waals surface area contributed by atoms with E-state index in [0.29, 0.717) is 166 Å². The smallest absolute Gasteiger partial charge is 0.294 e. The molecule has 5 N–H and O–H groups in total. The normalized spacial score (nSPS) is 16.8. The van der Waals surface area contributed by atoms with Crippen molar-refractivity contribution in [2.45, 2.75) is 112 Å². The number of benzene rings is 4. The quantitative estimate of drug-likeness (QED) is 0.0136. The Kier molecular flexibility index (Phi) is 29.9. The third kappa shape index (κ3) is 23.7. The number of hydrogen-bond donors (Lipinski definition) is 5. The maximum atomic E-state index is 12.9. The first-order valence-electron chi connectivity index (χ1n) is 33.7. The summed E-state index contributed by atoms with van der Waals surface area (Å²) < 4.78 is 189. The maximum absolute atomic E-state index is 12.9. The highest BCUT2D eigenvalue weighted by Gasteiger charge is 2.49. The Hall–Kier alpha value is -7.06. The Bertz CT molecular complexity index is 4450. The number of anilines is 2. The minimum absolute atomic E-state index is 0.0327. The second-order valence-corrected chi connectivity index (χ2v) is 31.5. The number of aromatic nitrogens is 4. The van der Waals surface area contributed by atoms with Crippen LogP contribution < -0.4 is 25.0 Å². The molecule has 0 fully saturated rings. The minimum Gasteiger partial charge on any atom is -0.744 e. The predicted octanol–water partition coefficient (Wildman–Crippen LogP) is 8.39. The zero-order valence-corrected chi connectivity index (χ0v) is 62.3. The van der Waals surface area contributed by atoms with E-state index in [0.717, 1.165) is 11.1 Å². The van der Waals surface area contributed by atoms with Crippen molar-refractivity contribution in [3.63, 3.8) is 0 Å². The summed E-state index contributed by atoms with van der Waals surface area (Å²) in [6, 6.07) is 23.1. The number of allylic oxidation sites excluding steroid dienone is 4. The highest BCUT2D eigenvalue weighted by molar-refractivity contribution is 7.86. The Morgan fingerprint density at radius 2 is 1.34 bits per heavy atom. The average molecular weight is 1530 g/mol. The van der Waals surface area contributed by atoms with Gasteiger partial charge in [-0.15, -0.1) is 0 Å². The molecule has 2 unspecified atom stereocenters. The van der Waals surface area contributed by atoms with Gasteiger partial charge in [0, 0.05) is 96.3 Å². The van der Waals surface area contributed by atoms with Crippen molar-refractivity contribution in [1.29, 1.82) is 0 Å². The summed E-state index contributed by atoms with van der Waals surface area (Å²) in [6.45, 7) is 12.6. The van der Waals surface area contributed by atoms with Gasteiger partial charge >= 0.3 is 0 Å². The van der Waals surface area contributed by atoms with Crippen LogP contribution in [-0.4, -0.2) is 211 Å². The minimum atomic E-state index is -4.94. The van der Waals surface area contributed by atoms with Crippen molar-refractivity contribution < 1.29 is 99.1 Å². The van der Waals surface area contributed by atoms with E-state index in [9.17, 15) is 56.7 Å². The van der Waals surface area contributed by atoms with Crippen molar-refractivity contribution in [2.75, 3.05) is 128 Å². The Labute approximate surface area is 606 Å². The van der Waals surface area contributed by atoms with Gasteiger partial charge < -0.3 is 58.0 Å².